The molecule has 0 aliphatic rings. The largest absolute Gasteiger partial charge is 0.478 e. The third-order valence-corrected chi connectivity index (χ3v) is 2.95. The minimum atomic E-state index is -0.958. The van der Waals surface area contributed by atoms with Crippen molar-refractivity contribution < 1.29 is 9.90 Å². The summed E-state index contributed by atoms with van der Waals surface area (Å²) < 4.78 is 0. The molecule has 2 aromatic rings. The molecule has 1 N–H and O–H groups in total. The van der Waals surface area contributed by atoms with Gasteiger partial charge in [0.1, 0.15) is 0 Å². The molecule has 0 unspecified atom stereocenters. The van der Waals surface area contributed by atoms with E-state index in [1.807, 2.05) is 39.0 Å². The minimum absolute atomic E-state index is 0.238. The first-order valence-electron chi connectivity index (χ1n) is 6.20. The van der Waals surface area contributed by atoms with Crippen molar-refractivity contribution in [2.45, 2.75) is 27.2 Å². The topological polar surface area (TPSA) is 63.1 Å². The summed E-state index contributed by atoms with van der Waals surface area (Å²) >= 11 is 0. The van der Waals surface area contributed by atoms with Crippen molar-refractivity contribution in [2.24, 2.45) is 0 Å². The van der Waals surface area contributed by atoms with Gasteiger partial charge in [0.2, 0.25) is 0 Å². The van der Waals surface area contributed by atoms with Crippen LogP contribution in [0.25, 0.3) is 11.4 Å². The average molecular weight is 256 g/mol. The molecule has 2 rings (SSSR count). The van der Waals surface area contributed by atoms with Crippen molar-refractivity contribution >= 4 is 5.97 Å². The maximum absolute atomic E-state index is 11.3. The third-order valence-electron chi connectivity index (χ3n) is 2.95. The Morgan fingerprint density at radius 1 is 1.16 bits per heavy atom. The van der Waals surface area contributed by atoms with Crippen LogP contribution in [-0.4, -0.2) is 21.0 Å². The lowest BCUT2D eigenvalue weighted by molar-refractivity contribution is 0.0697. The number of rotatable bonds is 3. The first-order valence-corrected chi connectivity index (χ1v) is 6.20. The molecule has 0 radical (unpaired) electrons. The lowest BCUT2D eigenvalue weighted by atomic mass is 10.0. The van der Waals surface area contributed by atoms with Gasteiger partial charge in [-0.05, 0) is 44.0 Å². The van der Waals surface area contributed by atoms with Gasteiger partial charge >= 0.3 is 5.97 Å². The number of carbonyl (C=O) groups is 1. The molecule has 0 bridgehead atoms. The van der Waals surface area contributed by atoms with Gasteiger partial charge in [-0.25, -0.2) is 14.8 Å². The number of carboxylic acids is 1. The van der Waals surface area contributed by atoms with E-state index in [1.165, 1.54) is 0 Å². The van der Waals surface area contributed by atoms with Crippen LogP contribution < -0.4 is 0 Å². The standard InChI is InChI=1S/C15H16N2O2/c1-4-11-5-6-12(15(18)19)13(8-11)14-16-9(2)7-10(3)17-14/h5-8H,4H2,1-3H3,(H,18,19). The predicted molar refractivity (Wildman–Crippen MR) is 73.3 cm³/mol. The second kappa shape index (κ2) is 5.18. The molecule has 0 saturated heterocycles. The number of aryl methyl sites for hydroxylation is 3. The molecule has 0 aliphatic heterocycles. The fraction of sp³-hybridized carbons (Fsp3) is 0.267. The van der Waals surface area contributed by atoms with Gasteiger partial charge in [0.05, 0.1) is 5.56 Å². The van der Waals surface area contributed by atoms with Crippen molar-refractivity contribution in [2.75, 3.05) is 0 Å². The van der Waals surface area contributed by atoms with Crippen molar-refractivity contribution in [1.29, 1.82) is 0 Å². The van der Waals surface area contributed by atoms with E-state index < -0.39 is 5.97 Å². The maximum atomic E-state index is 11.3. The predicted octanol–water partition coefficient (Wildman–Crippen LogP) is 3.02. The van der Waals surface area contributed by atoms with Crippen LogP contribution in [0.4, 0.5) is 0 Å². The fourth-order valence-electron chi connectivity index (χ4n) is 2.03. The van der Waals surface area contributed by atoms with Crippen LogP contribution in [0.2, 0.25) is 0 Å². The highest BCUT2D eigenvalue weighted by Gasteiger charge is 2.15. The summed E-state index contributed by atoms with van der Waals surface area (Å²) in [5, 5.41) is 9.27. The van der Waals surface area contributed by atoms with Crippen molar-refractivity contribution in [3.05, 3.63) is 46.8 Å². The summed E-state index contributed by atoms with van der Waals surface area (Å²) in [6.07, 6.45) is 0.845. The van der Waals surface area contributed by atoms with Crippen LogP contribution in [0.3, 0.4) is 0 Å². The van der Waals surface area contributed by atoms with E-state index in [9.17, 15) is 9.90 Å². The molecule has 1 aromatic carbocycles. The van der Waals surface area contributed by atoms with Gasteiger partial charge in [-0.1, -0.05) is 13.0 Å². The van der Waals surface area contributed by atoms with E-state index in [2.05, 4.69) is 9.97 Å². The normalized spacial score (nSPS) is 10.5. The Morgan fingerprint density at radius 3 is 2.32 bits per heavy atom. The number of aromatic nitrogens is 2. The summed E-state index contributed by atoms with van der Waals surface area (Å²) in [5.41, 5.74) is 3.56. The number of aromatic carboxylic acids is 1. The van der Waals surface area contributed by atoms with Crippen LogP contribution in [-0.2, 0) is 6.42 Å². The van der Waals surface area contributed by atoms with Crippen LogP contribution in [0, 0.1) is 13.8 Å². The van der Waals surface area contributed by atoms with Crippen LogP contribution >= 0.6 is 0 Å². The molecule has 0 aliphatic carbocycles. The molecule has 0 atom stereocenters. The molecule has 19 heavy (non-hydrogen) atoms. The van der Waals surface area contributed by atoms with Crippen molar-refractivity contribution in [3.63, 3.8) is 0 Å². The Kier molecular flexibility index (Phi) is 3.60. The van der Waals surface area contributed by atoms with Gasteiger partial charge in [-0.3, -0.25) is 0 Å². The molecule has 4 heteroatoms. The fourth-order valence-corrected chi connectivity index (χ4v) is 2.03. The van der Waals surface area contributed by atoms with Crippen LogP contribution in [0.1, 0.15) is 34.2 Å². The van der Waals surface area contributed by atoms with E-state index in [1.54, 1.807) is 6.07 Å². The molecule has 0 amide bonds. The lowest BCUT2D eigenvalue weighted by Crippen LogP contribution is -2.04. The Labute approximate surface area is 112 Å². The van der Waals surface area contributed by atoms with E-state index >= 15 is 0 Å². The number of hydrogen-bond acceptors (Lipinski definition) is 3. The number of carboxylic acid groups (broad SMARTS) is 1. The number of benzene rings is 1. The highest BCUT2D eigenvalue weighted by Crippen LogP contribution is 2.23. The third kappa shape index (κ3) is 2.78. The average Bonchev–Trinajstić information content (AvgIpc) is 2.36. The van der Waals surface area contributed by atoms with Gasteiger partial charge in [0.15, 0.2) is 5.82 Å². The zero-order valence-electron chi connectivity index (χ0n) is 11.3. The quantitative estimate of drug-likeness (QED) is 0.916. The first-order chi connectivity index (χ1) is 9.01. The zero-order chi connectivity index (χ0) is 14.0. The minimum Gasteiger partial charge on any atom is -0.478 e. The van der Waals surface area contributed by atoms with Crippen molar-refractivity contribution in [3.8, 4) is 11.4 Å². The zero-order valence-corrected chi connectivity index (χ0v) is 11.3. The molecule has 1 aromatic heterocycles. The Morgan fingerprint density at radius 2 is 1.79 bits per heavy atom. The summed E-state index contributed by atoms with van der Waals surface area (Å²) in [6, 6.07) is 7.18. The maximum Gasteiger partial charge on any atom is 0.336 e. The van der Waals surface area contributed by atoms with Crippen LogP contribution in [0.5, 0.6) is 0 Å². The second-order valence-electron chi connectivity index (χ2n) is 4.51. The summed E-state index contributed by atoms with van der Waals surface area (Å²) in [5.74, 6) is -0.481. The molecule has 0 saturated carbocycles. The Hall–Kier alpha value is -2.23. The van der Waals surface area contributed by atoms with E-state index in [0.717, 1.165) is 23.4 Å². The Balaban J connectivity index is 2.67. The smallest absolute Gasteiger partial charge is 0.336 e. The van der Waals surface area contributed by atoms with Crippen LogP contribution in [0.15, 0.2) is 24.3 Å². The Bertz CT molecular complexity index is 616. The van der Waals surface area contributed by atoms with Gasteiger partial charge in [0.25, 0.3) is 0 Å². The highest BCUT2D eigenvalue weighted by atomic mass is 16.4. The molecule has 0 fully saturated rings. The molecule has 1 heterocycles. The molecule has 4 nitrogen and oxygen atoms in total. The van der Waals surface area contributed by atoms with Gasteiger partial charge in [-0.2, -0.15) is 0 Å². The first kappa shape index (κ1) is 13.2. The summed E-state index contributed by atoms with van der Waals surface area (Å²) in [4.78, 5) is 20.0. The molecule has 0 spiro atoms. The van der Waals surface area contributed by atoms with Gasteiger partial charge < -0.3 is 5.11 Å². The van der Waals surface area contributed by atoms with Crippen molar-refractivity contribution in [1.82, 2.24) is 9.97 Å². The monoisotopic (exact) mass is 256 g/mol. The van der Waals surface area contributed by atoms with E-state index in [-0.39, 0.29) is 5.56 Å². The molecule has 98 valence electrons. The SMILES string of the molecule is CCc1ccc(C(=O)O)c(-c2nc(C)cc(C)n2)c1. The van der Waals surface area contributed by atoms with Gasteiger partial charge in [-0.15, -0.1) is 0 Å². The molecular weight excluding hydrogens is 240 g/mol. The lowest BCUT2D eigenvalue weighted by Gasteiger charge is -2.08. The summed E-state index contributed by atoms with van der Waals surface area (Å²) in [6.45, 7) is 5.78. The molecular formula is C15H16N2O2. The number of hydrogen-bond donors (Lipinski definition) is 1. The highest BCUT2D eigenvalue weighted by molar-refractivity contribution is 5.95. The van der Waals surface area contributed by atoms with E-state index in [0.29, 0.717) is 11.4 Å². The van der Waals surface area contributed by atoms with Gasteiger partial charge in [0, 0.05) is 17.0 Å². The second-order valence-corrected chi connectivity index (χ2v) is 4.51. The number of nitrogens with zero attached hydrogens (tertiary/aromatic N) is 2. The summed E-state index contributed by atoms with van der Waals surface area (Å²) in [7, 11) is 0. The van der Waals surface area contributed by atoms with E-state index in [4.69, 9.17) is 0 Å².